The van der Waals surface area contributed by atoms with Gasteiger partial charge in [-0.3, -0.25) is 0 Å². The quantitative estimate of drug-likeness (QED) is 0.906. The Morgan fingerprint density at radius 1 is 1.32 bits per heavy atom. The summed E-state index contributed by atoms with van der Waals surface area (Å²) in [6.45, 7) is 2.49. The minimum atomic E-state index is -0.152. The van der Waals surface area contributed by atoms with Crippen LogP contribution in [0.2, 0.25) is 0 Å². The first kappa shape index (κ1) is 15.0. The maximum Gasteiger partial charge on any atom is 0.315 e. The summed E-state index contributed by atoms with van der Waals surface area (Å²) in [6, 6.07) is 6.45. The number of carbonyl (C=O) groups excluding carboxylic acids is 1. The minimum Gasteiger partial charge on any atom is -0.332 e. The number of urea groups is 1. The standard InChI is InChI=1S/C17H21N3OS/c1-12(20-17(21)19-11-16-18-8-9-22-16)14-7-6-13-4-2-3-5-15(13)10-14/h6-10,12H,2-5,11H2,1H3,(H2,19,20,21). The van der Waals surface area contributed by atoms with E-state index in [9.17, 15) is 4.79 Å². The Bertz CT molecular complexity index is 639. The third kappa shape index (κ3) is 3.65. The van der Waals surface area contributed by atoms with Gasteiger partial charge in [0, 0.05) is 11.6 Å². The SMILES string of the molecule is CC(NC(=O)NCc1nccs1)c1ccc2c(c1)CCCC2. The van der Waals surface area contributed by atoms with Crippen LogP contribution in [0.5, 0.6) is 0 Å². The highest BCUT2D eigenvalue weighted by Crippen LogP contribution is 2.24. The van der Waals surface area contributed by atoms with Crippen LogP contribution in [0.3, 0.4) is 0 Å². The molecule has 1 aromatic heterocycles. The molecule has 0 aliphatic heterocycles. The van der Waals surface area contributed by atoms with Crippen LogP contribution in [0.1, 0.15) is 47.5 Å². The molecular weight excluding hydrogens is 294 g/mol. The number of hydrogen-bond acceptors (Lipinski definition) is 3. The van der Waals surface area contributed by atoms with Gasteiger partial charge in [-0.2, -0.15) is 0 Å². The number of aromatic nitrogens is 1. The number of hydrogen-bond donors (Lipinski definition) is 2. The Morgan fingerprint density at radius 2 is 2.14 bits per heavy atom. The van der Waals surface area contributed by atoms with E-state index in [1.807, 2.05) is 12.3 Å². The molecule has 0 spiro atoms. The first-order valence-electron chi connectivity index (χ1n) is 7.77. The molecule has 1 atom stereocenters. The van der Waals surface area contributed by atoms with Crippen LogP contribution in [0.25, 0.3) is 0 Å². The van der Waals surface area contributed by atoms with Gasteiger partial charge < -0.3 is 10.6 Å². The Morgan fingerprint density at radius 3 is 2.91 bits per heavy atom. The molecular formula is C17H21N3OS. The van der Waals surface area contributed by atoms with E-state index in [1.54, 1.807) is 17.5 Å². The molecule has 116 valence electrons. The second-order valence-electron chi connectivity index (χ2n) is 5.71. The van der Waals surface area contributed by atoms with Crippen LogP contribution in [-0.4, -0.2) is 11.0 Å². The highest BCUT2D eigenvalue weighted by molar-refractivity contribution is 7.09. The van der Waals surface area contributed by atoms with Crippen molar-refractivity contribution in [2.45, 2.75) is 45.2 Å². The van der Waals surface area contributed by atoms with Crippen molar-refractivity contribution < 1.29 is 4.79 Å². The van der Waals surface area contributed by atoms with Crippen molar-refractivity contribution in [3.63, 3.8) is 0 Å². The average Bonchev–Trinajstić information content (AvgIpc) is 3.06. The molecule has 0 fully saturated rings. The lowest BCUT2D eigenvalue weighted by molar-refractivity contribution is 0.237. The fourth-order valence-corrected chi connectivity index (χ4v) is 3.41. The van der Waals surface area contributed by atoms with Gasteiger partial charge in [-0.25, -0.2) is 9.78 Å². The van der Waals surface area contributed by atoms with Crippen molar-refractivity contribution in [2.24, 2.45) is 0 Å². The molecule has 1 aromatic carbocycles. The number of amides is 2. The number of thiazole rings is 1. The van der Waals surface area contributed by atoms with Gasteiger partial charge in [0.15, 0.2) is 0 Å². The molecule has 1 aliphatic rings. The molecule has 0 saturated carbocycles. The number of nitrogens with zero attached hydrogens (tertiary/aromatic N) is 1. The molecule has 0 saturated heterocycles. The second kappa shape index (κ2) is 6.92. The second-order valence-corrected chi connectivity index (χ2v) is 6.69. The van der Waals surface area contributed by atoms with E-state index < -0.39 is 0 Å². The molecule has 22 heavy (non-hydrogen) atoms. The first-order valence-corrected chi connectivity index (χ1v) is 8.65. The molecule has 2 amide bonds. The zero-order valence-electron chi connectivity index (χ0n) is 12.8. The number of aryl methyl sites for hydroxylation is 2. The molecule has 1 heterocycles. The Labute approximate surface area is 135 Å². The molecule has 0 bridgehead atoms. The van der Waals surface area contributed by atoms with Gasteiger partial charge in [0.1, 0.15) is 5.01 Å². The monoisotopic (exact) mass is 315 g/mol. The van der Waals surface area contributed by atoms with Crippen molar-refractivity contribution in [3.05, 3.63) is 51.5 Å². The number of rotatable bonds is 4. The van der Waals surface area contributed by atoms with Gasteiger partial charge in [-0.15, -0.1) is 11.3 Å². The van der Waals surface area contributed by atoms with Crippen LogP contribution in [0.4, 0.5) is 4.79 Å². The fraction of sp³-hybridized carbons (Fsp3) is 0.412. The van der Waals surface area contributed by atoms with E-state index in [0.717, 1.165) is 11.4 Å². The fourth-order valence-electron chi connectivity index (χ4n) is 2.85. The summed E-state index contributed by atoms with van der Waals surface area (Å²) in [5.74, 6) is 0. The largest absolute Gasteiger partial charge is 0.332 e. The maximum absolute atomic E-state index is 12.0. The lowest BCUT2D eigenvalue weighted by atomic mass is 9.89. The molecule has 0 radical (unpaired) electrons. The number of benzene rings is 1. The maximum atomic E-state index is 12.0. The Kier molecular flexibility index (Phi) is 4.73. The first-order chi connectivity index (χ1) is 10.7. The summed E-state index contributed by atoms with van der Waals surface area (Å²) in [5, 5.41) is 8.66. The van der Waals surface area contributed by atoms with Gasteiger partial charge in [0.05, 0.1) is 12.6 Å². The van der Waals surface area contributed by atoms with E-state index >= 15 is 0 Å². The molecule has 5 heteroatoms. The van der Waals surface area contributed by atoms with Crippen molar-refractivity contribution in [1.29, 1.82) is 0 Å². The predicted molar refractivity (Wildman–Crippen MR) is 89.0 cm³/mol. The number of nitrogens with one attached hydrogen (secondary N) is 2. The van der Waals surface area contributed by atoms with Gasteiger partial charge >= 0.3 is 6.03 Å². The smallest absolute Gasteiger partial charge is 0.315 e. The zero-order valence-corrected chi connectivity index (χ0v) is 13.6. The minimum absolute atomic E-state index is 0.00326. The van der Waals surface area contributed by atoms with E-state index in [2.05, 4.69) is 33.8 Å². The van der Waals surface area contributed by atoms with Gasteiger partial charge in [-0.1, -0.05) is 18.2 Å². The van der Waals surface area contributed by atoms with Crippen LogP contribution in [-0.2, 0) is 19.4 Å². The lowest BCUT2D eigenvalue weighted by Crippen LogP contribution is -2.36. The predicted octanol–water partition coefficient (Wildman–Crippen LogP) is 3.58. The van der Waals surface area contributed by atoms with Crippen LogP contribution in [0.15, 0.2) is 29.8 Å². The summed E-state index contributed by atoms with van der Waals surface area (Å²) >= 11 is 1.54. The van der Waals surface area contributed by atoms with Crippen molar-refractivity contribution in [1.82, 2.24) is 15.6 Å². The molecule has 2 aromatic rings. The van der Waals surface area contributed by atoms with Crippen LogP contribution in [0, 0.1) is 0 Å². The molecule has 3 rings (SSSR count). The molecule has 2 N–H and O–H groups in total. The number of carbonyl (C=O) groups is 1. The topological polar surface area (TPSA) is 54.0 Å². The van der Waals surface area contributed by atoms with E-state index in [1.165, 1.54) is 36.0 Å². The van der Waals surface area contributed by atoms with E-state index in [0.29, 0.717) is 6.54 Å². The van der Waals surface area contributed by atoms with Crippen LogP contribution < -0.4 is 10.6 Å². The van der Waals surface area contributed by atoms with E-state index in [-0.39, 0.29) is 12.1 Å². The summed E-state index contributed by atoms with van der Waals surface area (Å²) in [6.07, 6.45) is 6.65. The lowest BCUT2D eigenvalue weighted by Gasteiger charge is -2.20. The Hall–Kier alpha value is -1.88. The van der Waals surface area contributed by atoms with Gasteiger partial charge in [-0.05, 0) is 49.3 Å². The van der Waals surface area contributed by atoms with Crippen molar-refractivity contribution in [2.75, 3.05) is 0 Å². The van der Waals surface area contributed by atoms with Crippen molar-refractivity contribution >= 4 is 17.4 Å². The summed E-state index contributed by atoms with van der Waals surface area (Å²) in [4.78, 5) is 16.1. The summed E-state index contributed by atoms with van der Waals surface area (Å²) in [7, 11) is 0. The summed E-state index contributed by atoms with van der Waals surface area (Å²) in [5.41, 5.74) is 4.08. The average molecular weight is 315 g/mol. The molecule has 4 nitrogen and oxygen atoms in total. The normalized spacial score (nSPS) is 15.0. The third-order valence-corrected chi connectivity index (χ3v) is 4.88. The summed E-state index contributed by atoms with van der Waals surface area (Å²) < 4.78 is 0. The zero-order chi connectivity index (χ0) is 15.4. The van der Waals surface area contributed by atoms with Crippen LogP contribution >= 0.6 is 11.3 Å². The van der Waals surface area contributed by atoms with Crippen molar-refractivity contribution in [3.8, 4) is 0 Å². The van der Waals surface area contributed by atoms with E-state index in [4.69, 9.17) is 0 Å². The Balaban J connectivity index is 1.56. The highest BCUT2D eigenvalue weighted by Gasteiger charge is 2.14. The van der Waals surface area contributed by atoms with Gasteiger partial charge in [0.25, 0.3) is 0 Å². The molecule has 1 aliphatic carbocycles. The highest BCUT2D eigenvalue weighted by atomic mass is 32.1. The molecule has 1 unspecified atom stereocenters. The third-order valence-electron chi connectivity index (χ3n) is 4.10. The van der Waals surface area contributed by atoms with Gasteiger partial charge in [0.2, 0.25) is 0 Å². The number of fused-ring (bicyclic) bond motifs is 1.